The van der Waals surface area contributed by atoms with Gasteiger partial charge in [0.2, 0.25) is 0 Å². The topological polar surface area (TPSA) is 100 Å². The van der Waals surface area contributed by atoms with Crippen LogP contribution in [0.25, 0.3) is 22.1 Å². The Kier molecular flexibility index (Phi) is 3.61. The first-order chi connectivity index (χ1) is 12.2. The summed E-state index contributed by atoms with van der Waals surface area (Å²) in [5, 5.41) is 22.7. The third kappa shape index (κ3) is 2.40. The number of aromatic hydroxyl groups is 1. The summed E-state index contributed by atoms with van der Waals surface area (Å²) in [5.74, 6) is 0.527. The monoisotopic (exact) mass is 332 g/mol. The number of hydrogen-bond acceptors (Lipinski definition) is 6. The molecule has 2 aromatic carbocycles. The lowest BCUT2D eigenvalue weighted by Crippen LogP contribution is -2.07. The van der Waals surface area contributed by atoms with Gasteiger partial charge in [0.1, 0.15) is 11.3 Å². The van der Waals surface area contributed by atoms with E-state index in [0.29, 0.717) is 5.82 Å². The van der Waals surface area contributed by atoms with Crippen molar-refractivity contribution < 1.29 is 5.11 Å². The van der Waals surface area contributed by atoms with Gasteiger partial charge in [0.05, 0.1) is 5.52 Å². The van der Waals surface area contributed by atoms with Crippen molar-refractivity contribution in [3.63, 3.8) is 0 Å². The average molecular weight is 332 g/mol. The number of para-hydroxylation sites is 1. The molecule has 25 heavy (non-hydrogen) atoms. The number of phenolic OH excluding ortho intramolecular Hbond substituents is 1. The second kappa shape index (κ2) is 5.94. The molecule has 7 heteroatoms. The Morgan fingerprint density at radius 1 is 1.12 bits per heavy atom. The Bertz CT molecular complexity index is 1070. The summed E-state index contributed by atoms with van der Waals surface area (Å²) in [7, 11) is 0. The minimum Gasteiger partial charge on any atom is -0.508 e. The van der Waals surface area contributed by atoms with Crippen LogP contribution in [0.2, 0.25) is 0 Å². The molecule has 0 aliphatic carbocycles. The molecule has 0 amide bonds. The van der Waals surface area contributed by atoms with Crippen molar-refractivity contribution in [3.8, 4) is 5.75 Å². The van der Waals surface area contributed by atoms with E-state index in [1.165, 1.54) is 0 Å². The van der Waals surface area contributed by atoms with Crippen molar-refractivity contribution in [2.45, 2.75) is 19.5 Å². The molecular weight excluding hydrogens is 316 g/mol. The molecule has 0 saturated carbocycles. The number of aryl methyl sites for hydroxylation is 1. The van der Waals surface area contributed by atoms with E-state index in [2.05, 4.69) is 31.8 Å². The van der Waals surface area contributed by atoms with Gasteiger partial charge >= 0.3 is 0 Å². The van der Waals surface area contributed by atoms with Gasteiger partial charge in [0, 0.05) is 11.9 Å². The third-order valence-corrected chi connectivity index (χ3v) is 4.29. The van der Waals surface area contributed by atoms with Crippen molar-refractivity contribution in [1.82, 2.24) is 19.7 Å². The number of fused-ring (bicyclic) bond motifs is 3. The largest absolute Gasteiger partial charge is 0.508 e. The van der Waals surface area contributed by atoms with Gasteiger partial charge in [-0.2, -0.15) is 5.11 Å². The van der Waals surface area contributed by atoms with Crippen LogP contribution in [0.5, 0.6) is 5.75 Å². The zero-order chi connectivity index (χ0) is 17.4. The van der Waals surface area contributed by atoms with Crippen LogP contribution in [0.4, 0.5) is 0 Å². The molecular formula is C18H16N6O. The minimum atomic E-state index is -0.652. The number of nitrogens with zero attached hydrogens (tertiary/aromatic N) is 5. The van der Waals surface area contributed by atoms with Crippen LogP contribution in [0.3, 0.4) is 0 Å². The van der Waals surface area contributed by atoms with Crippen molar-refractivity contribution in [2.24, 2.45) is 5.11 Å². The standard InChI is InChI=1S/C18H16N6O/c1-2-24-14-6-4-3-5-13(14)16-18(24)20-17(23-22-16)15(21-19)11-7-9-12(25)10-8-11/h3-10,15,19,25H,2H2,1H3. The molecule has 1 unspecified atom stereocenters. The zero-order valence-electron chi connectivity index (χ0n) is 13.6. The first-order valence-electron chi connectivity index (χ1n) is 8.00. The molecule has 0 spiro atoms. The maximum absolute atomic E-state index is 9.45. The predicted molar refractivity (Wildman–Crippen MR) is 93.6 cm³/mol. The van der Waals surface area contributed by atoms with Gasteiger partial charge in [-0.15, -0.1) is 10.2 Å². The Balaban J connectivity index is 1.92. The van der Waals surface area contributed by atoms with Crippen LogP contribution in [-0.2, 0) is 6.54 Å². The summed E-state index contributed by atoms with van der Waals surface area (Å²) in [6.07, 6.45) is 0. The third-order valence-electron chi connectivity index (χ3n) is 4.29. The summed E-state index contributed by atoms with van der Waals surface area (Å²) < 4.78 is 2.08. The van der Waals surface area contributed by atoms with Gasteiger partial charge in [0.15, 0.2) is 17.5 Å². The fourth-order valence-corrected chi connectivity index (χ4v) is 3.09. The Labute approximate surface area is 143 Å². The molecule has 0 radical (unpaired) electrons. The van der Waals surface area contributed by atoms with E-state index >= 15 is 0 Å². The number of benzene rings is 2. The lowest BCUT2D eigenvalue weighted by atomic mass is 10.1. The Morgan fingerprint density at radius 3 is 2.60 bits per heavy atom. The highest BCUT2D eigenvalue weighted by molar-refractivity contribution is 6.03. The lowest BCUT2D eigenvalue weighted by molar-refractivity contribution is 0.475. The molecule has 4 aromatic rings. The van der Waals surface area contributed by atoms with Crippen LogP contribution in [0.15, 0.2) is 53.6 Å². The van der Waals surface area contributed by atoms with E-state index in [0.717, 1.165) is 34.2 Å². The Hall–Kier alpha value is -3.35. The first kappa shape index (κ1) is 15.2. The molecule has 0 aliphatic heterocycles. The lowest BCUT2D eigenvalue weighted by Gasteiger charge is -2.10. The number of nitrogens with one attached hydrogen (secondary N) is 1. The van der Waals surface area contributed by atoms with E-state index in [4.69, 9.17) is 5.53 Å². The Morgan fingerprint density at radius 2 is 1.88 bits per heavy atom. The van der Waals surface area contributed by atoms with E-state index in [9.17, 15) is 5.11 Å². The molecule has 0 fully saturated rings. The molecule has 0 aliphatic rings. The highest BCUT2D eigenvalue weighted by Gasteiger charge is 2.20. The van der Waals surface area contributed by atoms with E-state index < -0.39 is 6.04 Å². The van der Waals surface area contributed by atoms with Crippen molar-refractivity contribution >= 4 is 22.1 Å². The van der Waals surface area contributed by atoms with Crippen LogP contribution >= 0.6 is 0 Å². The smallest absolute Gasteiger partial charge is 0.184 e. The van der Waals surface area contributed by atoms with E-state index in [1.54, 1.807) is 24.3 Å². The van der Waals surface area contributed by atoms with Gasteiger partial charge < -0.3 is 9.67 Å². The zero-order valence-corrected chi connectivity index (χ0v) is 13.6. The maximum atomic E-state index is 9.45. The average Bonchev–Trinajstić information content (AvgIpc) is 2.97. The number of hydrogen-bond donors (Lipinski definition) is 2. The molecule has 2 aromatic heterocycles. The van der Waals surface area contributed by atoms with Gasteiger partial charge in [-0.25, -0.2) is 10.5 Å². The van der Waals surface area contributed by atoms with Gasteiger partial charge in [-0.1, -0.05) is 30.3 Å². The highest BCUT2D eigenvalue weighted by Crippen LogP contribution is 2.29. The quantitative estimate of drug-likeness (QED) is 0.555. The van der Waals surface area contributed by atoms with Gasteiger partial charge in [-0.3, -0.25) is 0 Å². The van der Waals surface area contributed by atoms with Crippen LogP contribution < -0.4 is 0 Å². The normalized spacial score (nSPS) is 12.5. The first-order valence-corrected chi connectivity index (χ1v) is 8.00. The van der Waals surface area contributed by atoms with Gasteiger partial charge in [-0.05, 0) is 30.7 Å². The van der Waals surface area contributed by atoms with Crippen LogP contribution in [-0.4, -0.2) is 24.9 Å². The number of rotatable bonds is 4. The molecule has 1 atom stereocenters. The molecule has 124 valence electrons. The molecule has 0 saturated heterocycles. The van der Waals surface area contributed by atoms with E-state index in [-0.39, 0.29) is 5.75 Å². The summed E-state index contributed by atoms with van der Waals surface area (Å²) in [4.78, 5) is 4.67. The van der Waals surface area contributed by atoms with Crippen molar-refractivity contribution in [1.29, 1.82) is 5.53 Å². The summed E-state index contributed by atoms with van der Waals surface area (Å²) in [6.45, 7) is 2.81. The predicted octanol–water partition coefficient (Wildman–Crippen LogP) is 3.83. The fourth-order valence-electron chi connectivity index (χ4n) is 3.09. The SMILES string of the molecule is CCn1c2ccccc2c2nnc(C(N=N)c3ccc(O)cc3)nc21. The summed E-state index contributed by atoms with van der Waals surface area (Å²) in [6, 6.07) is 13.9. The molecule has 0 bridgehead atoms. The fraction of sp³-hybridized carbons (Fsp3) is 0.167. The van der Waals surface area contributed by atoms with E-state index in [1.807, 2.05) is 24.3 Å². The molecule has 4 rings (SSSR count). The molecule has 2 N–H and O–H groups in total. The van der Waals surface area contributed by atoms with Gasteiger partial charge in [0.25, 0.3) is 0 Å². The second-order valence-corrected chi connectivity index (χ2v) is 5.73. The second-order valence-electron chi connectivity index (χ2n) is 5.73. The van der Waals surface area contributed by atoms with Crippen molar-refractivity contribution in [2.75, 3.05) is 0 Å². The van der Waals surface area contributed by atoms with Crippen LogP contribution in [0, 0.1) is 5.53 Å². The van der Waals surface area contributed by atoms with Crippen LogP contribution in [0.1, 0.15) is 24.4 Å². The molecule has 7 nitrogen and oxygen atoms in total. The number of phenols is 1. The molecule has 2 heterocycles. The van der Waals surface area contributed by atoms with Crippen molar-refractivity contribution in [3.05, 3.63) is 59.9 Å². The minimum absolute atomic E-state index is 0.160. The number of aromatic nitrogens is 4. The summed E-state index contributed by atoms with van der Waals surface area (Å²) in [5.41, 5.74) is 10.8. The summed E-state index contributed by atoms with van der Waals surface area (Å²) >= 11 is 0. The maximum Gasteiger partial charge on any atom is 0.184 e. The highest BCUT2D eigenvalue weighted by atomic mass is 16.3.